The van der Waals surface area contributed by atoms with Crippen LogP contribution in [0.4, 0.5) is 0 Å². The molecule has 0 aliphatic carbocycles. The summed E-state index contributed by atoms with van der Waals surface area (Å²) in [7, 11) is -3.39. The van der Waals surface area contributed by atoms with Gasteiger partial charge in [0.05, 0.1) is 4.90 Å². The lowest BCUT2D eigenvalue weighted by Gasteiger charge is -2.32. The Hall–Kier alpha value is -1.66. The lowest BCUT2D eigenvalue weighted by Crippen LogP contribution is -2.39. The monoisotopic (exact) mass is 347 g/mol. The molecule has 0 N–H and O–H groups in total. The Labute approximate surface area is 144 Å². The number of imidazole rings is 1. The van der Waals surface area contributed by atoms with E-state index in [2.05, 4.69) is 9.55 Å². The molecule has 24 heavy (non-hydrogen) atoms. The molecule has 0 saturated carbocycles. The maximum atomic E-state index is 12.9. The standard InChI is InChI=1S/C18H25N3O2S/c1-14-4-5-15(2)18(12-14)24(22,23)21-9-6-17(7-10-21)13-20-11-8-19-16(20)3/h4-5,8,11-12,17H,6-7,9-10,13H2,1-3H3. The quantitative estimate of drug-likeness (QED) is 0.854. The van der Waals surface area contributed by atoms with Gasteiger partial charge in [-0.05, 0) is 56.7 Å². The van der Waals surface area contributed by atoms with Crippen molar-refractivity contribution in [2.75, 3.05) is 13.1 Å². The van der Waals surface area contributed by atoms with Crippen LogP contribution in [-0.2, 0) is 16.6 Å². The van der Waals surface area contributed by atoms with Gasteiger partial charge in [0.1, 0.15) is 5.82 Å². The van der Waals surface area contributed by atoms with E-state index in [1.807, 2.05) is 45.3 Å². The molecule has 1 aliphatic heterocycles. The first-order valence-corrected chi connectivity index (χ1v) is 9.87. The Morgan fingerprint density at radius 1 is 1.17 bits per heavy atom. The van der Waals surface area contributed by atoms with Crippen LogP contribution in [0.1, 0.15) is 29.8 Å². The van der Waals surface area contributed by atoms with E-state index in [0.717, 1.165) is 36.3 Å². The average Bonchev–Trinajstić information content (AvgIpc) is 2.95. The molecule has 5 nitrogen and oxygen atoms in total. The van der Waals surface area contributed by atoms with Gasteiger partial charge >= 0.3 is 0 Å². The Morgan fingerprint density at radius 3 is 2.50 bits per heavy atom. The van der Waals surface area contributed by atoms with Crippen molar-refractivity contribution in [1.29, 1.82) is 0 Å². The van der Waals surface area contributed by atoms with E-state index in [-0.39, 0.29) is 0 Å². The summed E-state index contributed by atoms with van der Waals surface area (Å²) in [6.45, 7) is 7.89. The second kappa shape index (κ2) is 6.69. The fraction of sp³-hybridized carbons (Fsp3) is 0.500. The Bertz CT molecular complexity index is 819. The van der Waals surface area contributed by atoms with Gasteiger partial charge in [-0.2, -0.15) is 4.31 Å². The minimum atomic E-state index is -3.39. The molecule has 1 aromatic carbocycles. The molecule has 0 bridgehead atoms. The molecule has 6 heteroatoms. The summed E-state index contributed by atoms with van der Waals surface area (Å²) in [4.78, 5) is 4.70. The number of piperidine rings is 1. The minimum Gasteiger partial charge on any atom is -0.335 e. The van der Waals surface area contributed by atoms with Gasteiger partial charge in [0, 0.05) is 32.0 Å². The summed E-state index contributed by atoms with van der Waals surface area (Å²) < 4.78 is 29.7. The number of hydrogen-bond acceptors (Lipinski definition) is 3. The van der Waals surface area contributed by atoms with Crippen molar-refractivity contribution in [3.05, 3.63) is 47.5 Å². The third-order valence-corrected chi connectivity index (χ3v) is 6.95. The van der Waals surface area contributed by atoms with E-state index in [1.54, 1.807) is 10.4 Å². The number of aryl methyl sites for hydroxylation is 3. The highest BCUT2D eigenvalue weighted by atomic mass is 32.2. The SMILES string of the molecule is Cc1ccc(C)c(S(=O)(=O)N2CCC(Cn3ccnc3C)CC2)c1. The molecule has 2 heterocycles. The highest BCUT2D eigenvalue weighted by Crippen LogP contribution is 2.27. The van der Waals surface area contributed by atoms with E-state index in [4.69, 9.17) is 0 Å². The highest BCUT2D eigenvalue weighted by Gasteiger charge is 2.30. The molecular formula is C18H25N3O2S. The summed E-state index contributed by atoms with van der Waals surface area (Å²) in [5.41, 5.74) is 1.79. The van der Waals surface area contributed by atoms with Crippen molar-refractivity contribution >= 4 is 10.0 Å². The zero-order valence-electron chi connectivity index (χ0n) is 14.6. The second-order valence-electron chi connectivity index (χ2n) is 6.74. The topological polar surface area (TPSA) is 55.2 Å². The van der Waals surface area contributed by atoms with E-state index in [0.29, 0.717) is 23.9 Å². The number of aromatic nitrogens is 2. The smallest absolute Gasteiger partial charge is 0.243 e. The Balaban J connectivity index is 1.69. The van der Waals surface area contributed by atoms with E-state index in [9.17, 15) is 8.42 Å². The molecule has 1 fully saturated rings. The van der Waals surface area contributed by atoms with Crippen LogP contribution < -0.4 is 0 Å². The molecule has 2 aromatic rings. The number of nitrogens with zero attached hydrogens (tertiary/aromatic N) is 3. The van der Waals surface area contributed by atoms with Gasteiger partial charge in [-0.15, -0.1) is 0 Å². The lowest BCUT2D eigenvalue weighted by atomic mass is 9.98. The van der Waals surface area contributed by atoms with Crippen molar-refractivity contribution in [1.82, 2.24) is 13.9 Å². The normalized spacial score (nSPS) is 17.3. The maximum Gasteiger partial charge on any atom is 0.243 e. The van der Waals surface area contributed by atoms with Crippen LogP contribution in [0, 0.1) is 26.7 Å². The zero-order valence-corrected chi connectivity index (χ0v) is 15.4. The molecule has 0 amide bonds. The van der Waals surface area contributed by atoms with E-state index >= 15 is 0 Å². The molecule has 0 spiro atoms. The molecule has 0 atom stereocenters. The Morgan fingerprint density at radius 2 is 1.88 bits per heavy atom. The lowest BCUT2D eigenvalue weighted by molar-refractivity contribution is 0.252. The van der Waals surface area contributed by atoms with Crippen molar-refractivity contribution in [2.24, 2.45) is 5.92 Å². The first-order chi connectivity index (χ1) is 11.4. The molecule has 0 radical (unpaired) electrons. The van der Waals surface area contributed by atoms with Gasteiger partial charge in [-0.1, -0.05) is 12.1 Å². The molecule has 3 rings (SSSR count). The number of benzene rings is 1. The number of hydrogen-bond donors (Lipinski definition) is 0. The van der Waals surface area contributed by atoms with Gasteiger partial charge in [-0.3, -0.25) is 0 Å². The Kier molecular flexibility index (Phi) is 4.78. The molecule has 130 valence electrons. The van der Waals surface area contributed by atoms with Crippen molar-refractivity contribution < 1.29 is 8.42 Å². The van der Waals surface area contributed by atoms with Gasteiger partial charge in [0.25, 0.3) is 0 Å². The second-order valence-corrected chi connectivity index (χ2v) is 8.65. The third kappa shape index (κ3) is 3.39. The summed E-state index contributed by atoms with van der Waals surface area (Å²) in [6, 6.07) is 5.62. The van der Waals surface area contributed by atoms with Crippen LogP contribution in [0.2, 0.25) is 0 Å². The summed E-state index contributed by atoms with van der Waals surface area (Å²) in [5, 5.41) is 0. The van der Waals surface area contributed by atoms with Gasteiger partial charge in [0.2, 0.25) is 10.0 Å². The molecule has 1 saturated heterocycles. The van der Waals surface area contributed by atoms with E-state index < -0.39 is 10.0 Å². The van der Waals surface area contributed by atoms with Crippen molar-refractivity contribution in [3.8, 4) is 0 Å². The summed E-state index contributed by atoms with van der Waals surface area (Å²) in [6.07, 6.45) is 5.59. The van der Waals surface area contributed by atoms with E-state index in [1.165, 1.54) is 0 Å². The van der Waals surface area contributed by atoms with Crippen LogP contribution in [0.15, 0.2) is 35.5 Å². The minimum absolute atomic E-state index is 0.450. The molecule has 1 aromatic heterocycles. The van der Waals surface area contributed by atoms with Crippen LogP contribution in [0.3, 0.4) is 0 Å². The predicted octanol–water partition coefficient (Wildman–Crippen LogP) is 2.91. The van der Waals surface area contributed by atoms with Gasteiger partial charge < -0.3 is 4.57 Å². The first kappa shape index (κ1) is 17.2. The average molecular weight is 347 g/mol. The van der Waals surface area contributed by atoms with Crippen molar-refractivity contribution in [2.45, 2.75) is 45.1 Å². The molecular weight excluding hydrogens is 322 g/mol. The predicted molar refractivity (Wildman–Crippen MR) is 94.4 cm³/mol. The summed E-state index contributed by atoms with van der Waals surface area (Å²) >= 11 is 0. The maximum absolute atomic E-state index is 12.9. The number of rotatable bonds is 4. The van der Waals surface area contributed by atoms with Crippen LogP contribution in [-0.4, -0.2) is 35.4 Å². The van der Waals surface area contributed by atoms with Crippen LogP contribution in [0.5, 0.6) is 0 Å². The fourth-order valence-corrected chi connectivity index (χ4v) is 5.11. The fourth-order valence-electron chi connectivity index (χ4n) is 3.33. The number of sulfonamides is 1. The highest BCUT2D eigenvalue weighted by molar-refractivity contribution is 7.89. The van der Waals surface area contributed by atoms with Gasteiger partial charge in [-0.25, -0.2) is 13.4 Å². The van der Waals surface area contributed by atoms with Gasteiger partial charge in [0.15, 0.2) is 0 Å². The molecule has 0 unspecified atom stereocenters. The molecule has 1 aliphatic rings. The zero-order chi connectivity index (χ0) is 17.3. The van der Waals surface area contributed by atoms with Crippen molar-refractivity contribution in [3.63, 3.8) is 0 Å². The largest absolute Gasteiger partial charge is 0.335 e. The summed E-state index contributed by atoms with van der Waals surface area (Å²) in [5.74, 6) is 1.52. The van der Waals surface area contributed by atoms with Crippen LogP contribution in [0.25, 0.3) is 0 Å². The van der Waals surface area contributed by atoms with Crippen LogP contribution >= 0.6 is 0 Å². The third-order valence-electron chi connectivity index (χ3n) is 4.91. The first-order valence-electron chi connectivity index (χ1n) is 8.43.